The lowest BCUT2D eigenvalue weighted by Crippen LogP contribution is -2.40. The van der Waals surface area contributed by atoms with Crippen molar-refractivity contribution in [1.82, 2.24) is 4.90 Å². The summed E-state index contributed by atoms with van der Waals surface area (Å²) in [5, 5.41) is 0. The van der Waals surface area contributed by atoms with Crippen molar-refractivity contribution < 1.29 is 19.1 Å². The molecule has 1 fully saturated rings. The van der Waals surface area contributed by atoms with E-state index in [0.717, 1.165) is 12.2 Å². The van der Waals surface area contributed by atoms with E-state index in [-0.39, 0.29) is 42.0 Å². The van der Waals surface area contributed by atoms with Crippen LogP contribution in [0.1, 0.15) is 54.4 Å². The summed E-state index contributed by atoms with van der Waals surface area (Å²) >= 11 is 0. The van der Waals surface area contributed by atoms with E-state index in [4.69, 9.17) is 9.47 Å². The third kappa shape index (κ3) is 9.11. The van der Waals surface area contributed by atoms with Gasteiger partial charge >= 0.3 is 0 Å². The molecule has 5 nitrogen and oxygen atoms in total. The molecule has 0 bridgehead atoms. The Morgan fingerprint density at radius 1 is 1.08 bits per heavy atom. The molecule has 2 atom stereocenters. The second-order valence-electron chi connectivity index (χ2n) is 7.58. The lowest BCUT2D eigenvalue weighted by molar-refractivity contribution is -0.131. The van der Waals surface area contributed by atoms with Gasteiger partial charge in [0, 0.05) is 24.6 Å². The van der Waals surface area contributed by atoms with Crippen LogP contribution in [0.5, 0.6) is 0 Å². The molecule has 0 N–H and O–H groups in total. The van der Waals surface area contributed by atoms with Crippen LogP contribution in [-0.2, 0) is 19.1 Å². The SMILES string of the molecule is CC(C)OC[C@@H]1C[C@@H](OC(C)C)CN1C(=O)CSSCCC(=O)C(C)C. The molecule has 1 rings (SSSR count). The lowest BCUT2D eigenvalue weighted by atomic mass is 10.1. The first-order valence-electron chi connectivity index (χ1n) is 9.54. The van der Waals surface area contributed by atoms with Crippen LogP contribution in [0.25, 0.3) is 0 Å². The molecular formula is C19H35NO4S2. The molecule has 0 radical (unpaired) electrons. The molecule has 1 saturated heterocycles. The molecule has 0 aromatic rings. The number of rotatable bonds is 12. The Kier molecular flexibility index (Phi) is 11.2. The van der Waals surface area contributed by atoms with Crippen LogP contribution in [0.15, 0.2) is 0 Å². The van der Waals surface area contributed by atoms with Gasteiger partial charge < -0.3 is 14.4 Å². The molecule has 1 aliphatic rings. The van der Waals surface area contributed by atoms with E-state index >= 15 is 0 Å². The van der Waals surface area contributed by atoms with E-state index in [9.17, 15) is 9.59 Å². The van der Waals surface area contributed by atoms with Crippen molar-refractivity contribution in [1.29, 1.82) is 0 Å². The highest BCUT2D eigenvalue weighted by atomic mass is 33.1. The summed E-state index contributed by atoms with van der Waals surface area (Å²) in [6, 6.07) is 0.0850. The van der Waals surface area contributed by atoms with Crippen molar-refractivity contribution in [2.24, 2.45) is 5.92 Å². The smallest absolute Gasteiger partial charge is 0.233 e. The van der Waals surface area contributed by atoms with Crippen LogP contribution in [-0.4, -0.2) is 65.6 Å². The highest BCUT2D eigenvalue weighted by Gasteiger charge is 2.36. The van der Waals surface area contributed by atoms with E-state index in [2.05, 4.69) is 0 Å². The van der Waals surface area contributed by atoms with Gasteiger partial charge in [-0.2, -0.15) is 0 Å². The first-order valence-corrected chi connectivity index (χ1v) is 12.0. The van der Waals surface area contributed by atoms with Gasteiger partial charge in [-0.05, 0) is 34.1 Å². The minimum absolute atomic E-state index is 0.0843. The van der Waals surface area contributed by atoms with Crippen molar-refractivity contribution in [3.63, 3.8) is 0 Å². The van der Waals surface area contributed by atoms with Crippen molar-refractivity contribution in [3.05, 3.63) is 0 Å². The zero-order valence-electron chi connectivity index (χ0n) is 17.0. The largest absolute Gasteiger partial charge is 0.377 e. The molecule has 26 heavy (non-hydrogen) atoms. The molecular weight excluding hydrogens is 370 g/mol. The maximum absolute atomic E-state index is 12.7. The van der Waals surface area contributed by atoms with Gasteiger partial charge in [-0.3, -0.25) is 9.59 Å². The number of carbonyl (C=O) groups is 2. The Labute approximate surface area is 166 Å². The van der Waals surface area contributed by atoms with Crippen LogP contribution in [0, 0.1) is 5.92 Å². The first-order chi connectivity index (χ1) is 12.2. The average Bonchev–Trinajstić information content (AvgIpc) is 2.94. The summed E-state index contributed by atoms with van der Waals surface area (Å²) < 4.78 is 11.7. The predicted octanol–water partition coefficient (Wildman–Crippen LogP) is 3.80. The van der Waals surface area contributed by atoms with Crippen LogP contribution in [0.2, 0.25) is 0 Å². The fourth-order valence-corrected chi connectivity index (χ4v) is 4.70. The van der Waals surface area contributed by atoms with E-state index < -0.39 is 0 Å². The van der Waals surface area contributed by atoms with Crippen molar-refractivity contribution in [2.45, 2.75) is 78.7 Å². The summed E-state index contributed by atoms with van der Waals surface area (Å²) in [7, 11) is 3.14. The molecule has 0 spiro atoms. The third-order valence-corrected chi connectivity index (χ3v) is 6.38. The first kappa shape index (κ1) is 23.8. The van der Waals surface area contributed by atoms with Crippen LogP contribution in [0.4, 0.5) is 0 Å². The summed E-state index contributed by atoms with van der Waals surface area (Å²) in [6.45, 7) is 13.1. The molecule has 0 aromatic heterocycles. The molecule has 152 valence electrons. The fourth-order valence-electron chi connectivity index (χ4n) is 2.79. The van der Waals surface area contributed by atoms with Crippen LogP contribution >= 0.6 is 21.6 Å². The van der Waals surface area contributed by atoms with Gasteiger partial charge in [0.25, 0.3) is 0 Å². The normalized spacial score (nSPS) is 20.6. The number of Topliss-reactive ketones (excluding diaryl/α,β-unsaturated/α-hetero) is 1. The minimum atomic E-state index is 0.0843. The van der Waals surface area contributed by atoms with Gasteiger partial charge in [-0.1, -0.05) is 35.4 Å². The maximum Gasteiger partial charge on any atom is 0.233 e. The van der Waals surface area contributed by atoms with E-state index in [1.807, 2.05) is 46.4 Å². The Balaban J connectivity index is 2.42. The zero-order chi connectivity index (χ0) is 19.7. The molecule has 1 amide bonds. The van der Waals surface area contributed by atoms with Crippen LogP contribution in [0.3, 0.4) is 0 Å². The second-order valence-corrected chi connectivity index (χ2v) is 10.2. The highest BCUT2D eigenvalue weighted by molar-refractivity contribution is 8.76. The number of carbonyl (C=O) groups excluding carboxylic acids is 2. The number of ketones is 1. The van der Waals surface area contributed by atoms with Gasteiger partial charge in [0.1, 0.15) is 5.78 Å². The number of hydrogen-bond donors (Lipinski definition) is 0. The van der Waals surface area contributed by atoms with Gasteiger partial charge in [-0.15, -0.1) is 0 Å². The predicted molar refractivity (Wildman–Crippen MR) is 111 cm³/mol. The molecule has 1 heterocycles. The second kappa shape index (κ2) is 12.3. The number of nitrogens with zero attached hydrogens (tertiary/aromatic N) is 1. The molecule has 0 aliphatic carbocycles. The fraction of sp³-hybridized carbons (Fsp3) is 0.895. The summed E-state index contributed by atoms with van der Waals surface area (Å²) in [4.78, 5) is 26.2. The Hall–Kier alpha value is -0.240. The zero-order valence-corrected chi connectivity index (χ0v) is 18.7. The Morgan fingerprint density at radius 2 is 1.77 bits per heavy atom. The van der Waals surface area contributed by atoms with Gasteiger partial charge in [-0.25, -0.2) is 0 Å². The van der Waals surface area contributed by atoms with E-state index in [1.165, 1.54) is 10.8 Å². The summed E-state index contributed by atoms with van der Waals surface area (Å²) in [6.07, 6.45) is 1.80. The monoisotopic (exact) mass is 405 g/mol. The highest BCUT2D eigenvalue weighted by Crippen LogP contribution is 2.27. The molecule has 1 aliphatic heterocycles. The number of ether oxygens (including phenoxy) is 2. The van der Waals surface area contributed by atoms with E-state index in [0.29, 0.717) is 25.3 Å². The third-order valence-electron chi connectivity index (χ3n) is 4.12. The standard InChI is InChI=1S/C19H35NO4S2/c1-13(2)18(21)7-8-25-26-12-19(22)20-10-17(24-15(5)6)9-16(20)11-23-14(3)4/h13-17H,7-12H2,1-6H3/t16-,17+/m0/s1. The number of hydrogen-bond acceptors (Lipinski definition) is 6. The molecule has 0 unspecified atom stereocenters. The average molecular weight is 406 g/mol. The van der Waals surface area contributed by atoms with Crippen molar-refractivity contribution >= 4 is 33.3 Å². The number of amides is 1. The lowest BCUT2D eigenvalue weighted by Gasteiger charge is -2.25. The van der Waals surface area contributed by atoms with Gasteiger partial charge in [0.15, 0.2) is 0 Å². The molecule has 0 aromatic carbocycles. The summed E-state index contributed by atoms with van der Waals surface area (Å²) in [5.41, 5.74) is 0. The Bertz CT molecular complexity index is 443. The quantitative estimate of drug-likeness (QED) is 0.364. The minimum Gasteiger partial charge on any atom is -0.377 e. The van der Waals surface area contributed by atoms with Crippen LogP contribution < -0.4 is 0 Å². The Morgan fingerprint density at radius 3 is 2.35 bits per heavy atom. The topological polar surface area (TPSA) is 55.8 Å². The van der Waals surface area contributed by atoms with Crippen molar-refractivity contribution in [2.75, 3.05) is 24.7 Å². The summed E-state index contributed by atoms with van der Waals surface area (Å²) in [5.74, 6) is 1.68. The maximum atomic E-state index is 12.7. The van der Waals surface area contributed by atoms with Gasteiger partial charge in [0.05, 0.1) is 36.7 Å². The van der Waals surface area contributed by atoms with Gasteiger partial charge in [0.2, 0.25) is 5.91 Å². The van der Waals surface area contributed by atoms with Crippen molar-refractivity contribution in [3.8, 4) is 0 Å². The number of likely N-dealkylation sites (tertiary alicyclic amines) is 1. The van der Waals surface area contributed by atoms with E-state index in [1.54, 1.807) is 10.8 Å². The molecule has 7 heteroatoms. The molecule has 0 saturated carbocycles.